The average molecular weight is 214 g/mol. The van der Waals surface area contributed by atoms with Gasteiger partial charge in [-0.05, 0) is 39.8 Å². The fourth-order valence-electron chi connectivity index (χ4n) is 1.52. The zero-order valence-electron chi connectivity index (χ0n) is 10.7. The van der Waals surface area contributed by atoms with E-state index in [9.17, 15) is 4.79 Å². The summed E-state index contributed by atoms with van der Waals surface area (Å²) in [6.45, 7) is 10.1. The molecule has 15 heavy (non-hydrogen) atoms. The largest absolute Gasteiger partial charge is 0.368 e. The number of carbonyl (C=O) groups excluding carboxylic acids is 1. The Kier molecular flexibility index (Phi) is 6.57. The van der Waals surface area contributed by atoms with Crippen LogP contribution >= 0.6 is 0 Å². The molecule has 2 N–H and O–H groups in total. The lowest BCUT2D eigenvalue weighted by molar-refractivity contribution is -0.128. The summed E-state index contributed by atoms with van der Waals surface area (Å²) in [6, 6.07) is 0. The van der Waals surface area contributed by atoms with E-state index in [1.807, 2.05) is 13.8 Å². The van der Waals surface area contributed by atoms with Crippen molar-refractivity contribution in [3.63, 3.8) is 0 Å². The second kappa shape index (κ2) is 6.83. The molecule has 3 heteroatoms. The Hall–Kier alpha value is -0.570. The molecular formula is C12H26N2O. The van der Waals surface area contributed by atoms with Crippen LogP contribution < -0.4 is 5.73 Å². The molecule has 3 nitrogen and oxygen atoms in total. The van der Waals surface area contributed by atoms with Crippen LogP contribution in [-0.2, 0) is 4.79 Å². The third kappa shape index (κ3) is 4.65. The highest BCUT2D eigenvalue weighted by Crippen LogP contribution is 2.15. The minimum absolute atomic E-state index is 0.227. The Balaban J connectivity index is 4.38. The molecule has 0 atom stereocenters. The van der Waals surface area contributed by atoms with Crippen LogP contribution in [0.1, 0.15) is 53.4 Å². The second-order valence-electron chi connectivity index (χ2n) is 4.62. The van der Waals surface area contributed by atoms with Gasteiger partial charge in [-0.3, -0.25) is 9.69 Å². The highest BCUT2D eigenvalue weighted by Gasteiger charge is 2.31. The molecule has 0 saturated carbocycles. The van der Waals surface area contributed by atoms with Gasteiger partial charge in [-0.15, -0.1) is 0 Å². The van der Waals surface area contributed by atoms with Gasteiger partial charge in [0.2, 0.25) is 5.91 Å². The number of unbranched alkanes of at least 4 members (excludes halogenated alkanes) is 2. The van der Waals surface area contributed by atoms with Crippen LogP contribution in [0.15, 0.2) is 0 Å². The van der Waals surface area contributed by atoms with Gasteiger partial charge in [0.15, 0.2) is 0 Å². The van der Waals surface area contributed by atoms with E-state index in [0.29, 0.717) is 0 Å². The van der Waals surface area contributed by atoms with E-state index in [2.05, 4.69) is 18.7 Å². The molecule has 0 spiro atoms. The van der Waals surface area contributed by atoms with Crippen LogP contribution in [0.25, 0.3) is 0 Å². The van der Waals surface area contributed by atoms with Crippen molar-refractivity contribution in [2.75, 3.05) is 13.1 Å². The maximum Gasteiger partial charge on any atom is 0.237 e. The van der Waals surface area contributed by atoms with Gasteiger partial charge in [0, 0.05) is 0 Å². The Labute approximate surface area is 94.0 Å². The van der Waals surface area contributed by atoms with Gasteiger partial charge >= 0.3 is 0 Å². The van der Waals surface area contributed by atoms with Gasteiger partial charge in [0.25, 0.3) is 0 Å². The van der Waals surface area contributed by atoms with Crippen molar-refractivity contribution in [3.05, 3.63) is 0 Å². The predicted molar refractivity (Wildman–Crippen MR) is 64.7 cm³/mol. The first-order chi connectivity index (χ1) is 6.96. The van der Waals surface area contributed by atoms with Crippen LogP contribution in [0.5, 0.6) is 0 Å². The first-order valence-corrected chi connectivity index (χ1v) is 6.01. The molecule has 0 aliphatic carbocycles. The molecule has 90 valence electrons. The molecule has 0 saturated heterocycles. The minimum atomic E-state index is -0.510. The molecule has 0 aromatic carbocycles. The van der Waals surface area contributed by atoms with Crippen LogP contribution in [-0.4, -0.2) is 29.4 Å². The molecule has 0 aromatic heterocycles. The number of nitrogens with zero attached hydrogens (tertiary/aromatic N) is 1. The normalized spacial score (nSPS) is 12.1. The lowest BCUT2D eigenvalue weighted by Gasteiger charge is -2.36. The van der Waals surface area contributed by atoms with E-state index in [0.717, 1.165) is 38.8 Å². The Morgan fingerprint density at radius 3 is 1.80 bits per heavy atom. The minimum Gasteiger partial charge on any atom is -0.368 e. The summed E-state index contributed by atoms with van der Waals surface area (Å²) in [5.41, 5.74) is 4.92. The van der Waals surface area contributed by atoms with Crippen LogP contribution in [0.2, 0.25) is 0 Å². The highest BCUT2D eigenvalue weighted by atomic mass is 16.1. The summed E-state index contributed by atoms with van der Waals surface area (Å²) >= 11 is 0. The summed E-state index contributed by atoms with van der Waals surface area (Å²) in [5, 5.41) is 0. The summed E-state index contributed by atoms with van der Waals surface area (Å²) in [6.07, 6.45) is 4.55. The number of rotatable bonds is 8. The van der Waals surface area contributed by atoms with Crippen molar-refractivity contribution >= 4 is 5.91 Å². The maximum absolute atomic E-state index is 11.4. The molecule has 0 fully saturated rings. The van der Waals surface area contributed by atoms with E-state index in [1.165, 1.54) is 0 Å². The topological polar surface area (TPSA) is 46.3 Å². The summed E-state index contributed by atoms with van der Waals surface area (Å²) < 4.78 is 0. The van der Waals surface area contributed by atoms with Crippen molar-refractivity contribution in [2.24, 2.45) is 5.73 Å². The van der Waals surface area contributed by atoms with Gasteiger partial charge < -0.3 is 5.73 Å². The monoisotopic (exact) mass is 214 g/mol. The standard InChI is InChI=1S/C12H26N2O/c1-5-7-9-14(10-8-6-2)12(3,4)11(13)15/h5-10H2,1-4H3,(H2,13,15). The average Bonchev–Trinajstić information content (AvgIpc) is 2.17. The van der Waals surface area contributed by atoms with E-state index in [-0.39, 0.29) is 5.91 Å². The van der Waals surface area contributed by atoms with E-state index >= 15 is 0 Å². The zero-order chi connectivity index (χ0) is 11.9. The number of primary amides is 1. The second-order valence-corrected chi connectivity index (χ2v) is 4.62. The first kappa shape index (κ1) is 14.4. The number of carbonyl (C=O) groups is 1. The molecule has 0 aliphatic heterocycles. The molecule has 0 unspecified atom stereocenters. The zero-order valence-corrected chi connectivity index (χ0v) is 10.7. The lowest BCUT2D eigenvalue weighted by atomic mass is 10.0. The van der Waals surface area contributed by atoms with Crippen molar-refractivity contribution in [3.8, 4) is 0 Å². The summed E-state index contributed by atoms with van der Waals surface area (Å²) in [5.74, 6) is -0.227. The lowest BCUT2D eigenvalue weighted by Crippen LogP contribution is -2.53. The van der Waals surface area contributed by atoms with Gasteiger partial charge in [0.05, 0.1) is 5.54 Å². The van der Waals surface area contributed by atoms with Crippen molar-refractivity contribution in [1.82, 2.24) is 4.90 Å². The summed E-state index contributed by atoms with van der Waals surface area (Å²) in [4.78, 5) is 13.6. The fourth-order valence-corrected chi connectivity index (χ4v) is 1.52. The number of amides is 1. The molecule has 0 rings (SSSR count). The van der Waals surface area contributed by atoms with E-state index < -0.39 is 5.54 Å². The SMILES string of the molecule is CCCCN(CCCC)C(C)(C)C(N)=O. The van der Waals surface area contributed by atoms with Crippen molar-refractivity contribution in [2.45, 2.75) is 58.9 Å². The van der Waals surface area contributed by atoms with Gasteiger partial charge in [0.1, 0.15) is 0 Å². The van der Waals surface area contributed by atoms with Gasteiger partial charge in [-0.25, -0.2) is 0 Å². The van der Waals surface area contributed by atoms with Crippen molar-refractivity contribution < 1.29 is 4.79 Å². The Morgan fingerprint density at radius 1 is 1.13 bits per heavy atom. The van der Waals surface area contributed by atoms with Crippen LogP contribution in [0.3, 0.4) is 0 Å². The molecule has 0 radical (unpaired) electrons. The highest BCUT2D eigenvalue weighted by molar-refractivity contribution is 5.83. The van der Waals surface area contributed by atoms with Gasteiger partial charge in [-0.2, -0.15) is 0 Å². The van der Waals surface area contributed by atoms with E-state index in [4.69, 9.17) is 5.73 Å². The third-order valence-electron chi connectivity index (χ3n) is 2.96. The number of nitrogens with two attached hydrogens (primary N) is 1. The van der Waals surface area contributed by atoms with Crippen molar-refractivity contribution in [1.29, 1.82) is 0 Å². The third-order valence-corrected chi connectivity index (χ3v) is 2.96. The van der Waals surface area contributed by atoms with E-state index in [1.54, 1.807) is 0 Å². The van der Waals surface area contributed by atoms with Crippen LogP contribution in [0, 0.1) is 0 Å². The number of hydrogen-bond donors (Lipinski definition) is 1. The predicted octanol–water partition coefficient (Wildman–Crippen LogP) is 2.15. The fraction of sp³-hybridized carbons (Fsp3) is 0.917. The maximum atomic E-state index is 11.4. The molecule has 0 aromatic rings. The number of hydrogen-bond acceptors (Lipinski definition) is 2. The molecule has 0 bridgehead atoms. The Morgan fingerprint density at radius 2 is 1.53 bits per heavy atom. The molecule has 0 aliphatic rings. The first-order valence-electron chi connectivity index (χ1n) is 6.01. The molecule has 1 amide bonds. The molecule has 0 heterocycles. The summed E-state index contributed by atoms with van der Waals surface area (Å²) in [7, 11) is 0. The quantitative estimate of drug-likeness (QED) is 0.673. The van der Waals surface area contributed by atoms with Crippen LogP contribution in [0.4, 0.5) is 0 Å². The molecular weight excluding hydrogens is 188 g/mol. The smallest absolute Gasteiger partial charge is 0.237 e. The van der Waals surface area contributed by atoms with Gasteiger partial charge in [-0.1, -0.05) is 26.7 Å². The Bertz CT molecular complexity index is 182.